The molecule has 6 nitrogen and oxygen atoms in total. The highest BCUT2D eigenvalue weighted by Crippen LogP contribution is 2.12. The van der Waals surface area contributed by atoms with Crippen LogP contribution in [0, 0.1) is 0 Å². The minimum atomic E-state index is -0.773. The quantitative estimate of drug-likeness (QED) is 0.0282. The molecule has 0 saturated heterocycles. The van der Waals surface area contributed by atoms with Gasteiger partial charge < -0.3 is 14.2 Å². The minimum absolute atomic E-state index is 0.0812. The van der Waals surface area contributed by atoms with Gasteiger partial charge in [-0.3, -0.25) is 14.4 Å². The van der Waals surface area contributed by atoms with Crippen LogP contribution in [-0.2, 0) is 28.6 Å². The molecule has 0 rings (SSSR count). The van der Waals surface area contributed by atoms with Gasteiger partial charge in [-0.1, -0.05) is 147 Å². The van der Waals surface area contributed by atoms with Crippen molar-refractivity contribution >= 4 is 17.9 Å². The first-order valence-electron chi connectivity index (χ1n) is 20.5. The molecule has 6 heteroatoms. The first kappa shape index (κ1) is 46.6. The van der Waals surface area contributed by atoms with Gasteiger partial charge >= 0.3 is 17.9 Å². The first-order valence-corrected chi connectivity index (χ1v) is 20.5. The third-order valence-corrected chi connectivity index (χ3v) is 8.60. The number of esters is 3. The molecule has 0 N–H and O–H groups in total. The van der Waals surface area contributed by atoms with Crippen LogP contribution < -0.4 is 0 Å². The molecule has 0 fully saturated rings. The molecule has 284 valence electrons. The van der Waals surface area contributed by atoms with Crippen LogP contribution in [0.1, 0.15) is 201 Å². The Hall–Kier alpha value is -2.37. The Morgan fingerprint density at radius 3 is 1.24 bits per heavy atom. The minimum Gasteiger partial charge on any atom is -0.462 e. The van der Waals surface area contributed by atoms with Crippen molar-refractivity contribution in [1.29, 1.82) is 0 Å². The van der Waals surface area contributed by atoms with E-state index in [0.717, 1.165) is 103 Å². The summed E-state index contributed by atoms with van der Waals surface area (Å²) >= 11 is 0. The molecule has 0 amide bonds. The van der Waals surface area contributed by atoms with Crippen LogP contribution in [0.3, 0.4) is 0 Å². The number of allylic oxidation sites excluding steroid dienone is 6. The summed E-state index contributed by atoms with van der Waals surface area (Å²) < 4.78 is 16.5. The zero-order valence-electron chi connectivity index (χ0n) is 32.2. The van der Waals surface area contributed by atoms with Crippen LogP contribution in [0.5, 0.6) is 0 Å². The van der Waals surface area contributed by atoms with Crippen LogP contribution >= 0.6 is 0 Å². The molecule has 0 aliphatic heterocycles. The number of unbranched alkanes of at least 4 members (excludes halogenated alkanes) is 19. The van der Waals surface area contributed by atoms with Gasteiger partial charge in [0, 0.05) is 19.3 Å². The van der Waals surface area contributed by atoms with Gasteiger partial charge in [0.1, 0.15) is 13.2 Å². The van der Waals surface area contributed by atoms with Crippen molar-refractivity contribution in [1.82, 2.24) is 0 Å². The van der Waals surface area contributed by atoms with E-state index < -0.39 is 6.10 Å². The molecule has 0 aliphatic carbocycles. The number of carbonyl (C=O) groups excluding carboxylic acids is 3. The van der Waals surface area contributed by atoms with E-state index in [1.54, 1.807) is 0 Å². The highest BCUT2D eigenvalue weighted by Gasteiger charge is 2.19. The van der Waals surface area contributed by atoms with E-state index in [4.69, 9.17) is 14.2 Å². The van der Waals surface area contributed by atoms with Crippen LogP contribution in [0.4, 0.5) is 0 Å². The third-order valence-electron chi connectivity index (χ3n) is 8.60. The van der Waals surface area contributed by atoms with Crippen molar-refractivity contribution in [2.24, 2.45) is 0 Å². The lowest BCUT2D eigenvalue weighted by molar-refractivity contribution is -0.167. The number of rotatable bonds is 36. The average molecular weight is 689 g/mol. The molecule has 0 bridgehead atoms. The molecular weight excluding hydrogens is 612 g/mol. The van der Waals surface area contributed by atoms with Gasteiger partial charge in [-0.05, 0) is 70.6 Å². The zero-order valence-corrected chi connectivity index (χ0v) is 32.2. The summed E-state index contributed by atoms with van der Waals surface area (Å²) in [5.74, 6) is -0.925. The Labute approximate surface area is 302 Å². The third kappa shape index (κ3) is 36.7. The fraction of sp³-hybridized carbons (Fsp3) is 0.791. The summed E-state index contributed by atoms with van der Waals surface area (Å²) in [4.78, 5) is 37.3. The molecule has 0 aromatic rings. The molecule has 0 heterocycles. The lowest BCUT2D eigenvalue weighted by Gasteiger charge is -2.18. The van der Waals surface area contributed by atoms with Gasteiger partial charge in [0.05, 0.1) is 0 Å². The molecule has 0 aromatic carbocycles. The highest BCUT2D eigenvalue weighted by atomic mass is 16.6. The lowest BCUT2D eigenvalue weighted by Crippen LogP contribution is -2.30. The smallest absolute Gasteiger partial charge is 0.306 e. The second-order valence-electron chi connectivity index (χ2n) is 13.5. The van der Waals surface area contributed by atoms with E-state index in [1.807, 2.05) is 0 Å². The summed E-state index contributed by atoms with van der Waals surface area (Å²) in [6, 6.07) is 0. The average Bonchev–Trinajstić information content (AvgIpc) is 3.09. The molecular formula is C43H76O6. The maximum atomic E-state index is 12.6. The molecule has 0 radical (unpaired) electrons. The summed E-state index contributed by atoms with van der Waals surface area (Å²) in [6.45, 7) is 6.43. The maximum Gasteiger partial charge on any atom is 0.306 e. The van der Waals surface area contributed by atoms with Crippen molar-refractivity contribution in [3.8, 4) is 0 Å². The Balaban J connectivity index is 4.27. The zero-order chi connectivity index (χ0) is 35.9. The van der Waals surface area contributed by atoms with Gasteiger partial charge in [-0.15, -0.1) is 0 Å². The van der Waals surface area contributed by atoms with Crippen LogP contribution in [0.15, 0.2) is 36.5 Å². The molecule has 49 heavy (non-hydrogen) atoms. The summed E-state index contributed by atoms with van der Waals surface area (Å²) in [7, 11) is 0. The topological polar surface area (TPSA) is 78.9 Å². The Kier molecular flexibility index (Phi) is 36.6. The number of hydrogen-bond donors (Lipinski definition) is 0. The largest absolute Gasteiger partial charge is 0.462 e. The van der Waals surface area contributed by atoms with Gasteiger partial charge in [-0.2, -0.15) is 0 Å². The van der Waals surface area contributed by atoms with E-state index in [2.05, 4.69) is 57.2 Å². The first-order chi connectivity index (χ1) is 24.0. The number of hydrogen-bond acceptors (Lipinski definition) is 6. The van der Waals surface area contributed by atoms with Gasteiger partial charge in [0.15, 0.2) is 6.10 Å². The molecule has 0 saturated carbocycles. The molecule has 0 aromatic heterocycles. The number of carbonyl (C=O) groups is 3. The standard InChI is InChI=1S/C43H76O6/c1-4-7-10-13-15-17-19-20-21-22-23-24-26-27-30-33-36-42(45)48-39-40(38-47-41(44)35-32-29-12-9-6-3)49-43(46)37-34-31-28-25-18-16-14-11-8-5-2/h11,14,17,19,21-22,40H,4-10,12-13,15-16,18,20,23-39H2,1-3H3/b14-11-,19-17-,22-21-. The molecule has 1 unspecified atom stereocenters. The van der Waals surface area contributed by atoms with Gasteiger partial charge in [0.25, 0.3) is 0 Å². The second kappa shape index (κ2) is 38.4. The summed E-state index contributed by atoms with van der Waals surface area (Å²) in [6.07, 6.45) is 41.6. The van der Waals surface area contributed by atoms with Crippen molar-refractivity contribution in [3.63, 3.8) is 0 Å². The van der Waals surface area contributed by atoms with E-state index in [1.165, 1.54) is 57.8 Å². The van der Waals surface area contributed by atoms with Crippen LogP contribution in [-0.4, -0.2) is 37.2 Å². The van der Waals surface area contributed by atoms with Gasteiger partial charge in [0.2, 0.25) is 0 Å². The second-order valence-corrected chi connectivity index (χ2v) is 13.5. The SMILES string of the molecule is CCC/C=C\CCCCCCCC(=O)OC(COC(=O)CCCCCCC)COC(=O)CCCCCCC/C=C\C/C=C\CCCCCC. The molecule has 1 atom stereocenters. The van der Waals surface area contributed by atoms with Gasteiger partial charge in [-0.25, -0.2) is 0 Å². The summed E-state index contributed by atoms with van der Waals surface area (Å²) in [5.41, 5.74) is 0. The van der Waals surface area contributed by atoms with Crippen molar-refractivity contribution in [2.45, 2.75) is 207 Å². The van der Waals surface area contributed by atoms with Crippen molar-refractivity contribution in [2.75, 3.05) is 13.2 Å². The van der Waals surface area contributed by atoms with E-state index in [-0.39, 0.29) is 31.1 Å². The maximum absolute atomic E-state index is 12.6. The highest BCUT2D eigenvalue weighted by molar-refractivity contribution is 5.71. The Morgan fingerprint density at radius 2 is 0.776 bits per heavy atom. The van der Waals surface area contributed by atoms with Crippen LogP contribution in [0.25, 0.3) is 0 Å². The lowest BCUT2D eigenvalue weighted by atomic mass is 10.1. The predicted molar refractivity (Wildman–Crippen MR) is 206 cm³/mol. The van der Waals surface area contributed by atoms with Crippen molar-refractivity contribution < 1.29 is 28.6 Å². The van der Waals surface area contributed by atoms with Crippen LogP contribution in [0.2, 0.25) is 0 Å². The number of ether oxygens (including phenoxy) is 3. The van der Waals surface area contributed by atoms with E-state index in [0.29, 0.717) is 19.3 Å². The Morgan fingerprint density at radius 1 is 0.408 bits per heavy atom. The molecule has 0 aliphatic rings. The fourth-order valence-electron chi connectivity index (χ4n) is 5.47. The van der Waals surface area contributed by atoms with E-state index >= 15 is 0 Å². The van der Waals surface area contributed by atoms with E-state index in [9.17, 15) is 14.4 Å². The molecule has 0 spiro atoms. The predicted octanol–water partition coefficient (Wildman–Crippen LogP) is 12.6. The Bertz CT molecular complexity index is 845. The van der Waals surface area contributed by atoms with Crippen molar-refractivity contribution in [3.05, 3.63) is 36.5 Å². The normalized spacial score (nSPS) is 12.3. The summed E-state index contributed by atoms with van der Waals surface area (Å²) in [5, 5.41) is 0. The monoisotopic (exact) mass is 689 g/mol. The fourth-order valence-corrected chi connectivity index (χ4v) is 5.47.